The summed E-state index contributed by atoms with van der Waals surface area (Å²) in [6.07, 6.45) is 2.44. The fourth-order valence-electron chi connectivity index (χ4n) is 8.66. The number of hydrogen-bond donors (Lipinski definition) is 0. The van der Waals surface area contributed by atoms with Crippen LogP contribution in [0.1, 0.15) is 51.7 Å². The van der Waals surface area contributed by atoms with Crippen molar-refractivity contribution in [2.24, 2.45) is 0 Å². The summed E-state index contributed by atoms with van der Waals surface area (Å²) in [4.78, 5) is 4.66. The van der Waals surface area contributed by atoms with Crippen LogP contribution in [-0.2, 0) is 10.8 Å². The summed E-state index contributed by atoms with van der Waals surface area (Å²) in [5.41, 5.74) is 17.4. The second-order valence-corrected chi connectivity index (χ2v) is 16.9. The van der Waals surface area contributed by atoms with Gasteiger partial charge in [-0.3, -0.25) is 0 Å². The first-order valence-electron chi connectivity index (χ1n) is 20.6. The van der Waals surface area contributed by atoms with Crippen LogP contribution in [0.4, 0.5) is 34.1 Å². The maximum Gasteiger partial charge on any atom is 0.0462 e. The Morgan fingerprint density at radius 1 is 0.276 bits per heavy atom. The second kappa shape index (κ2) is 15.4. The minimum Gasteiger partial charge on any atom is -0.311 e. The molecule has 0 aromatic heterocycles. The van der Waals surface area contributed by atoms with Crippen LogP contribution < -0.4 is 9.80 Å². The molecular formula is C56H50N2. The molecule has 0 aliphatic heterocycles. The van der Waals surface area contributed by atoms with Gasteiger partial charge in [0.1, 0.15) is 0 Å². The smallest absolute Gasteiger partial charge is 0.0462 e. The zero-order chi connectivity index (χ0) is 39.7. The van der Waals surface area contributed by atoms with Crippen molar-refractivity contribution in [3.8, 4) is 33.4 Å². The molecule has 0 unspecified atom stereocenters. The van der Waals surface area contributed by atoms with Crippen LogP contribution in [0.2, 0.25) is 0 Å². The molecule has 8 aromatic carbocycles. The van der Waals surface area contributed by atoms with Crippen molar-refractivity contribution in [2.75, 3.05) is 9.80 Å². The van der Waals surface area contributed by atoms with Crippen LogP contribution in [0.3, 0.4) is 0 Å². The lowest BCUT2D eigenvalue weighted by Gasteiger charge is -2.42. The van der Waals surface area contributed by atoms with E-state index in [4.69, 9.17) is 0 Å². The van der Waals surface area contributed by atoms with Gasteiger partial charge in [0.15, 0.2) is 0 Å². The molecule has 0 fully saturated rings. The van der Waals surface area contributed by atoms with Gasteiger partial charge in [0, 0.05) is 34.1 Å². The maximum absolute atomic E-state index is 2.45. The molecule has 2 heteroatoms. The molecule has 0 saturated carbocycles. The van der Waals surface area contributed by atoms with E-state index in [1.807, 2.05) is 0 Å². The first-order valence-corrected chi connectivity index (χ1v) is 20.6. The molecule has 2 nitrogen and oxygen atoms in total. The number of nitrogens with zero attached hydrogens (tertiary/aromatic N) is 2. The Labute approximate surface area is 344 Å². The predicted molar refractivity (Wildman–Crippen MR) is 247 cm³/mol. The van der Waals surface area contributed by atoms with Crippen LogP contribution >= 0.6 is 0 Å². The van der Waals surface area contributed by atoms with Crippen LogP contribution in [0.15, 0.2) is 206 Å². The Balaban J connectivity index is 0.988. The third kappa shape index (κ3) is 7.35. The van der Waals surface area contributed by atoms with Gasteiger partial charge in [-0.15, -0.1) is 0 Å². The third-order valence-corrected chi connectivity index (χ3v) is 12.2. The highest BCUT2D eigenvalue weighted by molar-refractivity contribution is 5.82. The third-order valence-electron chi connectivity index (χ3n) is 12.2. The van der Waals surface area contributed by atoms with Gasteiger partial charge >= 0.3 is 0 Å². The number of fused-ring (bicyclic) bond motifs is 1. The molecule has 0 spiro atoms. The Bertz CT molecular complexity index is 2610. The predicted octanol–water partition coefficient (Wildman–Crippen LogP) is 16.0. The van der Waals surface area contributed by atoms with Gasteiger partial charge in [-0.25, -0.2) is 0 Å². The highest BCUT2D eigenvalue weighted by atomic mass is 15.1. The minimum atomic E-state index is 0.178. The van der Waals surface area contributed by atoms with Crippen molar-refractivity contribution < 1.29 is 0 Å². The summed E-state index contributed by atoms with van der Waals surface area (Å²) < 4.78 is 0. The van der Waals surface area contributed by atoms with Gasteiger partial charge in [-0.1, -0.05) is 161 Å². The summed E-state index contributed by atoms with van der Waals surface area (Å²) in [6.45, 7) is 9.59. The lowest BCUT2D eigenvalue weighted by Crippen LogP contribution is -2.33. The molecule has 0 atom stereocenters. The zero-order valence-corrected chi connectivity index (χ0v) is 33.9. The van der Waals surface area contributed by atoms with Gasteiger partial charge < -0.3 is 9.80 Å². The summed E-state index contributed by atoms with van der Waals surface area (Å²) in [7, 11) is 0. The van der Waals surface area contributed by atoms with E-state index >= 15 is 0 Å². The fourth-order valence-corrected chi connectivity index (χ4v) is 8.66. The van der Waals surface area contributed by atoms with E-state index in [-0.39, 0.29) is 10.8 Å². The average Bonchev–Trinajstić information content (AvgIpc) is 3.27. The molecular weight excluding hydrogens is 701 g/mol. The largest absolute Gasteiger partial charge is 0.311 e. The zero-order valence-electron chi connectivity index (χ0n) is 33.9. The molecule has 0 N–H and O–H groups in total. The molecule has 58 heavy (non-hydrogen) atoms. The highest BCUT2D eigenvalue weighted by Crippen LogP contribution is 2.47. The molecule has 9 rings (SSSR count). The number of para-hydroxylation sites is 2. The molecule has 0 saturated heterocycles. The number of hydrogen-bond acceptors (Lipinski definition) is 2. The van der Waals surface area contributed by atoms with Crippen LogP contribution in [0.25, 0.3) is 33.4 Å². The normalized spacial score (nSPS) is 14.0. The molecule has 8 aromatic rings. The maximum atomic E-state index is 2.45. The minimum absolute atomic E-state index is 0.178. The SMILES string of the molecule is CC1(C)CCC(C)(C)c2cc(-c3ccc(N(c4ccccc4)c4ccc(-c5ccc(N(c6ccccc6)c6ccc(-c7ccccc7)cc6)cc5)cc4)cc3)ccc21. The Morgan fingerprint density at radius 2 is 0.552 bits per heavy atom. The van der Waals surface area contributed by atoms with E-state index in [0.717, 1.165) is 34.1 Å². The van der Waals surface area contributed by atoms with Crippen molar-refractivity contribution in [3.05, 3.63) is 217 Å². The monoisotopic (exact) mass is 750 g/mol. The molecule has 284 valence electrons. The number of rotatable bonds is 9. The average molecular weight is 751 g/mol. The van der Waals surface area contributed by atoms with Crippen LogP contribution in [0.5, 0.6) is 0 Å². The van der Waals surface area contributed by atoms with Crippen LogP contribution in [-0.4, -0.2) is 0 Å². The second-order valence-electron chi connectivity index (χ2n) is 16.9. The molecule has 0 amide bonds. The van der Waals surface area contributed by atoms with Crippen molar-refractivity contribution >= 4 is 34.1 Å². The Hall–Kier alpha value is -6.64. The van der Waals surface area contributed by atoms with E-state index in [2.05, 4.69) is 244 Å². The molecule has 0 heterocycles. The first-order chi connectivity index (χ1) is 28.2. The summed E-state index contributed by atoms with van der Waals surface area (Å²) in [5, 5.41) is 0. The van der Waals surface area contributed by atoms with E-state index in [0.29, 0.717) is 0 Å². The van der Waals surface area contributed by atoms with Gasteiger partial charge in [0.2, 0.25) is 0 Å². The van der Waals surface area contributed by atoms with Gasteiger partial charge in [0.05, 0.1) is 0 Å². The van der Waals surface area contributed by atoms with Gasteiger partial charge in [0.25, 0.3) is 0 Å². The van der Waals surface area contributed by atoms with Crippen LogP contribution in [0, 0.1) is 0 Å². The Kier molecular flexibility index (Phi) is 9.79. The van der Waals surface area contributed by atoms with Crippen molar-refractivity contribution in [2.45, 2.75) is 51.4 Å². The van der Waals surface area contributed by atoms with E-state index in [1.54, 1.807) is 0 Å². The molecule has 0 bridgehead atoms. The summed E-state index contributed by atoms with van der Waals surface area (Å²) in [5.74, 6) is 0. The van der Waals surface area contributed by atoms with Crippen molar-refractivity contribution in [3.63, 3.8) is 0 Å². The lowest BCUT2D eigenvalue weighted by atomic mass is 9.63. The standard InChI is InChI=1S/C56H50N2/c1-55(2)38-39-56(3,4)54-40-46(28-37-53(54)55)45-26-35-52(36-27-45)58(48-18-12-7-13-19-48)51-33-24-44(25-34-51)43-22-31-50(32-23-43)57(47-16-10-6-11-17-47)49-29-20-42(21-30-49)41-14-8-5-9-15-41/h5-37,40H,38-39H2,1-4H3. The molecule has 1 aliphatic carbocycles. The first kappa shape index (κ1) is 37.0. The summed E-state index contributed by atoms with van der Waals surface area (Å²) in [6, 6.07) is 74.7. The van der Waals surface area contributed by atoms with Crippen molar-refractivity contribution in [1.29, 1.82) is 0 Å². The molecule has 1 aliphatic rings. The lowest BCUT2D eigenvalue weighted by molar-refractivity contribution is 0.332. The van der Waals surface area contributed by atoms with E-state index < -0.39 is 0 Å². The Morgan fingerprint density at radius 3 is 0.931 bits per heavy atom. The topological polar surface area (TPSA) is 6.48 Å². The van der Waals surface area contributed by atoms with Gasteiger partial charge in [-0.2, -0.15) is 0 Å². The van der Waals surface area contributed by atoms with Gasteiger partial charge in [-0.05, 0) is 141 Å². The fraction of sp³-hybridized carbons (Fsp3) is 0.143. The summed E-state index contributed by atoms with van der Waals surface area (Å²) >= 11 is 0. The highest BCUT2D eigenvalue weighted by Gasteiger charge is 2.37. The van der Waals surface area contributed by atoms with E-state index in [9.17, 15) is 0 Å². The number of anilines is 6. The number of benzene rings is 8. The van der Waals surface area contributed by atoms with E-state index in [1.165, 1.54) is 57.3 Å². The molecule has 0 radical (unpaired) electrons. The van der Waals surface area contributed by atoms with Crippen molar-refractivity contribution in [1.82, 2.24) is 0 Å². The quantitative estimate of drug-likeness (QED) is 0.145.